The van der Waals surface area contributed by atoms with Gasteiger partial charge in [-0.3, -0.25) is 4.90 Å². The van der Waals surface area contributed by atoms with Crippen molar-refractivity contribution >= 4 is 21.7 Å². The fourth-order valence-corrected chi connectivity index (χ4v) is 3.30. The highest BCUT2D eigenvalue weighted by molar-refractivity contribution is 9.10. The Kier molecular flexibility index (Phi) is 5.40. The van der Waals surface area contributed by atoms with E-state index in [1.54, 1.807) is 12.1 Å². The molecule has 1 aliphatic heterocycles. The normalized spacial score (nSPS) is 15.8. The van der Waals surface area contributed by atoms with Crippen LogP contribution in [0.25, 0.3) is 0 Å². The number of hydrogen-bond donors (Lipinski definition) is 0. The molecule has 0 aliphatic carbocycles. The molecular weight excluding hydrogens is 378 g/mol. The van der Waals surface area contributed by atoms with Gasteiger partial charge in [0, 0.05) is 38.3 Å². The maximum Gasteiger partial charge on any atom is 0.187 e. The third kappa shape index (κ3) is 3.57. The summed E-state index contributed by atoms with van der Waals surface area (Å²) in [6.45, 7) is 5.21. The van der Waals surface area contributed by atoms with Gasteiger partial charge in [-0.25, -0.2) is 18.7 Å². The number of benzene rings is 1. The van der Waals surface area contributed by atoms with Crippen LogP contribution in [-0.2, 0) is 13.0 Å². The van der Waals surface area contributed by atoms with E-state index in [9.17, 15) is 8.78 Å². The van der Waals surface area contributed by atoms with Gasteiger partial charge in [-0.1, -0.05) is 19.1 Å². The zero-order valence-electron chi connectivity index (χ0n) is 13.5. The minimum absolute atomic E-state index is 0.214. The van der Waals surface area contributed by atoms with E-state index in [0.717, 1.165) is 13.1 Å². The minimum Gasteiger partial charge on any atom is -0.352 e. The van der Waals surface area contributed by atoms with Gasteiger partial charge in [-0.15, -0.1) is 0 Å². The summed E-state index contributed by atoms with van der Waals surface area (Å²) in [5.74, 6) is -0.170. The molecule has 1 fully saturated rings. The summed E-state index contributed by atoms with van der Waals surface area (Å²) in [7, 11) is 0. The van der Waals surface area contributed by atoms with Crippen molar-refractivity contribution in [1.82, 2.24) is 14.9 Å². The van der Waals surface area contributed by atoms with E-state index in [2.05, 4.69) is 30.8 Å². The summed E-state index contributed by atoms with van der Waals surface area (Å²) in [6.07, 6.45) is 1.96. The largest absolute Gasteiger partial charge is 0.352 e. The fraction of sp³-hybridized carbons (Fsp3) is 0.412. The van der Waals surface area contributed by atoms with Gasteiger partial charge in [0.1, 0.15) is 12.1 Å². The first-order valence-corrected chi connectivity index (χ1v) is 8.79. The molecule has 3 rings (SSSR count). The Labute approximate surface area is 148 Å². The average Bonchev–Trinajstić information content (AvgIpc) is 2.60. The molecule has 0 bridgehead atoms. The van der Waals surface area contributed by atoms with Crippen LogP contribution in [0, 0.1) is 11.6 Å². The smallest absolute Gasteiger partial charge is 0.187 e. The second kappa shape index (κ2) is 7.53. The van der Waals surface area contributed by atoms with Crippen LogP contribution in [0.2, 0.25) is 0 Å². The van der Waals surface area contributed by atoms with Crippen LogP contribution in [0.15, 0.2) is 29.0 Å². The molecule has 0 unspecified atom stereocenters. The molecular formula is C17H19BrF2N4. The van der Waals surface area contributed by atoms with Crippen molar-refractivity contribution in [2.75, 3.05) is 31.1 Å². The molecule has 0 saturated carbocycles. The summed E-state index contributed by atoms with van der Waals surface area (Å²) in [6, 6.07) is 5.32. The highest BCUT2D eigenvalue weighted by Gasteiger charge is 2.22. The predicted octanol–water partition coefficient (Wildman–Crippen LogP) is 3.40. The van der Waals surface area contributed by atoms with Crippen LogP contribution in [0.4, 0.5) is 14.6 Å². The monoisotopic (exact) mass is 396 g/mol. The van der Waals surface area contributed by atoms with Gasteiger partial charge in [-0.05, 0) is 28.4 Å². The quantitative estimate of drug-likeness (QED) is 0.792. The lowest BCUT2D eigenvalue weighted by Gasteiger charge is -2.35. The molecule has 4 nitrogen and oxygen atoms in total. The molecule has 0 amide bonds. The molecule has 2 aromatic rings. The lowest BCUT2D eigenvalue weighted by atomic mass is 10.2. The highest BCUT2D eigenvalue weighted by atomic mass is 79.9. The molecule has 2 heterocycles. The van der Waals surface area contributed by atoms with Crippen molar-refractivity contribution in [1.29, 1.82) is 0 Å². The van der Waals surface area contributed by atoms with Gasteiger partial charge in [0.2, 0.25) is 0 Å². The first-order valence-electron chi connectivity index (χ1n) is 7.99. The molecule has 0 spiro atoms. The number of nitrogens with zero attached hydrogens (tertiary/aromatic N) is 4. The topological polar surface area (TPSA) is 32.3 Å². The Balaban J connectivity index is 1.65. The van der Waals surface area contributed by atoms with E-state index >= 15 is 0 Å². The van der Waals surface area contributed by atoms with E-state index in [1.165, 1.54) is 6.33 Å². The number of rotatable bonds is 4. The maximum atomic E-state index is 14.4. The van der Waals surface area contributed by atoms with Gasteiger partial charge < -0.3 is 4.90 Å². The Bertz CT molecular complexity index is 718. The van der Waals surface area contributed by atoms with Gasteiger partial charge >= 0.3 is 0 Å². The van der Waals surface area contributed by atoms with Crippen LogP contribution in [0.1, 0.15) is 18.2 Å². The van der Waals surface area contributed by atoms with Gasteiger partial charge in [0.05, 0.1) is 10.2 Å². The third-order valence-corrected chi connectivity index (χ3v) is 4.89. The maximum absolute atomic E-state index is 14.4. The second-order valence-corrected chi connectivity index (χ2v) is 6.64. The van der Waals surface area contributed by atoms with Crippen molar-refractivity contribution in [3.63, 3.8) is 0 Å². The van der Waals surface area contributed by atoms with E-state index < -0.39 is 0 Å². The summed E-state index contributed by atoms with van der Waals surface area (Å²) >= 11 is 3.21. The third-order valence-electron chi connectivity index (χ3n) is 4.28. The van der Waals surface area contributed by atoms with Crippen LogP contribution in [0.5, 0.6) is 0 Å². The van der Waals surface area contributed by atoms with Crippen molar-refractivity contribution in [2.24, 2.45) is 0 Å². The fourth-order valence-electron chi connectivity index (χ4n) is 2.89. The number of halogens is 3. The highest BCUT2D eigenvalue weighted by Crippen LogP contribution is 2.22. The molecule has 1 aromatic carbocycles. The lowest BCUT2D eigenvalue weighted by molar-refractivity contribution is 0.245. The number of piperazine rings is 1. The van der Waals surface area contributed by atoms with Crippen molar-refractivity contribution in [3.8, 4) is 0 Å². The summed E-state index contributed by atoms with van der Waals surface area (Å²) in [5.41, 5.74) is 1.11. The van der Waals surface area contributed by atoms with E-state index in [1.807, 2.05) is 17.9 Å². The standard InChI is InChI=1S/C17H19BrF2N4/c1-2-14-16(20)17(22-11-21-14)24-8-6-23(7-9-24)10-12-4-3-5-13(18)15(12)19/h3-5,11H,2,6-10H2,1H3. The summed E-state index contributed by atoms with van der Waals surface area (Å²) < 4.78 is 28.9. The van der Waals surface area contributed by atoms with Crippen LogP contribution in [0.3, 0.4) is 0 Å². The average molecular weight is 397 g/mol. The molecule has 1 aliphatic rings. The summed E-state index contributed by atoms with van der Waals surface area (Å²) in [5, 5.41) is 0. The van der Waals surface area contributed by atoms with E-state index in [4.69, 9.17) is 0 Å². The predicted molar refractivity (Wildman–Crippen MR) is 93.0 cm³/mol. The Morgan fingerprint density at radius 3 is 2.54 bits per heavy atom. The van der Waals surface area contributed by atoms with E-state index in [0.29, 0.717) is 47.6 Å². The number of hydrogen-bond acceptors (Lipinski definition) is 4. The van der Waals surface area contributed by atoms with Crippen LogP contribution < -0.4 is 4.90 Å². The molecule has 128 valence electrons. The minimum atomic E-state index is -0.327. The van der Waals surface area contributed by atoms with Crippen LogP contribution in [-0.4, -0.2) is 41.0 Å². The van der Waals surface area contributed by atoms with Gasteiger partial charge in [0.15, 0.2) is 11.6 Å². The first kappa shape index (κ1) is 17.2. The zero-order valence-corrected chi connectivity index (χ0v) is 15.1. The van der Waals surface area contributed by atoms with Crippen molar-refractivity contribution in [2.45, 2.75) is 19.9 Å². The Hall–Kier alpha value is -1.60. The number of anilines is 1. The zero-order chi connectivity index (χ0) is 17.1. The first-order chi connectivity index (χ1) is 11.6. The Morgan fingerprint density at radius 2 is 1.83 bits per heavy atom. The van der Waals surface area contributed by atoms with Crippen molar-refractivity contribution in [3.05, 3.63) is 51.9 Å². The summed E-state index contributed by atoms with van der Waals surface area (Å²) in [4.78, 5) is 12.2. The van der Waals surface area contributed by atoms with Crippen molar-refractivity contribution < 1.29 is 8.78 Å². The Morgan fingerprint density at radius 1 is 1.08 bits per heavy atom. The molecule has 1 aromatic heterocycles. The lowest BCUT2D eigenvalue weighted by Crippen LogP contribution is -2.46. The number of aromatic nitrogens is 2. The number of aryl methyl sites for hydroxylation is 1. The molecule has 0 atom stereocenters. The SMILES string of the molecule is CCc1ncnc(N2CCN(Cc3cccc(Br)c3F)CC2)c1F. The molecule has 0 N–H and O–H groups in total. The molecule has 7 heteroatoms. The molecule has 0 radical (unpaired) electrons. The van der Waals surface area contributed by atoms with Gasteiger partial charge in [-0.2, -0.15) is 0 Å². The van der Waals surface area contributed by atoms with E-state index in [-0.39, 0.29) is 11.6 Å². The molecule has 24 heavy (non-hydrogen) atoms. The second-order valence-electron chi connectivity index (χ2n) is 5.79. The van der Waals surface area contributed by atoms with Gasteiger partial charge in [0.25, 0.3) is 0 Å². The van der Waals surface area contributed by atoms with Crippen LogP contribution >= 0.6 is 15.9 Å². The molecule has 1 saturated heterocycles.